The molecule has 1 N–H and O–H groups in total. The summed E-state index contributed by atoms with van der Waals surface area (Å²) in [6.45, 7) is 1.67. The topological polar surface area (TPSA) is 66.5 Å². The number of nitrogens with zero attached hydrogens (tertiary/aromatic N) is 1. The summed E-state index contributed by atoms with van der Waals surface area (Å²) < 4.78 is 39.4. The molecule has 0 heterocycles. The summed E-state index contributed by atoms with van der Waals surface area (Å²) >= 11 is 5.96. The summed E-state index contributed by atoms with van der Waals surface area (Å²) in [4.78, 5) is 12.6. The Morgan fingerprint density at radius 3 is 2.50 bits per heavy atom. The molecule has 0 aliphatic rings. The summed E-state index contributed by atoms with van der Waals surface area (Å²) in [7, 11) is -3.74. The number of benzene rings is 2. The van der Waals surface area contributed by atoms with Crippen LogP contribution in [0.15, 0.2) is 48.5 Å². The van der Waals surface area contributed by atoms with Crippen molar-refractivity contribution >= 4 is 33.2 Å². The van der Waals surface area contributed by atoms with Crippen molar-refractivity contribution in [2.24, 2.45) is 0 Å². The highest BCUT2D eigenvalue weighted by atomic mass is 35.5. The molecular weight excluding hydrogens is 379 g/mol. The van der Waals surface area contributed by atoms with Crippen LogP contribution in [0.25, 0.3) is 0 Å². The number of hydrogen-bond acceptors (Lipinski definition) is 3. The molecule has 0 aromatic heterocycles. The first-order valence-corrected chi connectivity index (χ1v) is 10.2. The Morgan fingerprint density at radius 1 is 1.23 bits per heavy atom. The van der Waals surface area contributed by atoms with Crippen LogP contribution >= 0.6 is 11.6 Å². The quantitative estimate of drug-likeness (QED) is 0.777. The van der Waals surface area contributed by atoms with Gasteiger partial charge in [0.2, 0.25) is 15.9 Å². The van der Waals surface area contributed by atoms with Crippen LogP contribution in [0.2, 0.25) is 5.02 Å². The van der Waals surface area contributed by atoms with E-state index >= 15 is 0 Å². The Bertz CT molecular complexity index is 890. The number of amides is 1. The maximum absolute atomic E-state index is 13.7. The largest absolute Gasteiger partial charge is 0.350 e. The van der Waals surface area contributed by atoms with Crippen LogP contribution in [0.3, 0.4) is 0 Å². The summed E-state index contributed by atoms with van der Waals surface area (Å²) in [5, 5.41) is 2.97. The van der Waals surface area contributed by atoms with E-state index in [1.165, 1.54) is 12.1 Å². The zero-order chi connectivity index (χ0) is 19.3. The fourth-order valence-corrected chi connectivity index (χ4v) is 4.00. The van der Waals surface area contributed by atoms with Crippen molar-refractivity contribution in [3.05, 3.63) is 64.9 Å². The van der Waals surface area contributed by atoms with Gasteiger partial charge in [0.1, 0.15) is 11.9 Å². The summed E-state index contributed by atoms with van der Waals surface area (Å²) in [6.07, 6.45) is 1.27. The van der Waals surface area contributed by atoms with Crippen molar-refractivity contribution in [2.75, 3.05) is 10.6 Å². The van der Waals surface area contributed by atoms with Crippen LogP contribution in [0.1, 0.15) is 18.9 Å². The second-order valence-corrected chi connectivity index (χ2v) is 8.07. The predicted molar refractivity (Wildman–Crippen MR) is 101 cm³/mol. The second-order valence-electron chi connectivity index (χ2n) is 5.77. The van der Waals surface area contributed by atoms with E-state index in [9.17, 15) is 17.6 Å². The van der Waals surface area contributed by atoms with Gasteiger partial charge >= 0.3 is 0 Å². The summed E-state index contributed by atoms with van der Waals surface area (Å²) in [5.41, 5.74) is 0.622. The SMILES string of the molecule is CCC(C(=O)NCc1ccccc1F)N(c1cccc(Cl)c1)S(C)(=O)=O. The lowest BCUT2D eigenvalue weighted by Crippen LogP contribution is -2.49. The first kappa shape index (κ1) is 20.2. The molecule has 0 aliphatic heterocycles. The van der Waals surface area contributed by atoms with Crippen molar-refractivity contribution in [3.8, 4) is 0 Å². The van der Waals surface area contributed by atoms with Crippen molar-refractivity contribution in [1.29, 1.82) is 0 Å². The maximum atomic E-state index is 13.7. The number of carbonyl (C=O) groups is 1. The van der Waals surface area contributed by atoms with Gasteiger partial charge in [0.25, 0.3) is 0 Å². The highest BCUT2D eigenvalue weighted by Crippen LogP contribution is 2.25. The van der Waals surface area contributed by atoms with Gasteiger partial charge in [-0.3, -0.25) is 9.10 Å². The van der Waals surface area contributed by atoms with Gasteiger partial charge in [-0.1, -0.05) is 42.8 Å². The third kappa shape index (κ3) is 4.95. The molecule has 1 atom stereocenters. The van der Waals surface area contributed by atoms with Gasteiger partial charge in [-0.2, -0.15) is 0 Å². The van der Waals surface area contributed by atoms with E-state index < -0.39 is 27.8 Å². The molecule has 5 nitrogen and oxygen atoms in total. The Hall–Kier alpha value is -2.12. The fraction of sp³-hybridized carbons (Fsp3) is 0.278. The molecule has 2 rings (SSSR count). The third-order valence-corrected chi connectivity index (χ3v) is 5.22. The molecule has 0 radical (unpaired) electrons. The van der Waals surface area contributed by atoms with E-state index in [4.69, 9.17) is 11.6 Å². The van der Waals surface area contributed by atoms with Gasteiger partial charge in [0, 0.05) is 17.1 Å². The van der Waals surface area contributed by atoms with Gasteiger partial charge < -0.3 is 5.32 Å². The average molecular weight is 399 g/mol. The zero-order valence-electron chi connectivity index (χ0n) is 14.4. The number of hydrogen-bond donors (Lipinski definition) is 1. The summed E-state index contributed by atoms with van der Waals surface area (Å²) in [5.74, 6) is -0.947. The average Bonchev–Trinajstić information content (AvgIpc) is 2.57. The van der Waals surface area contributed by atoms with Crippen molar-refractivity contribution < 1.29 is 17.6 Å². The van der Waals surface area contributed by atoms with Gasteiger partial charge in [0.15, 0.2) is 0 Å². The molecule has 26 heavy (non-hydrogen) atoms. The minimum atomic E-state index is -3.74. The fourth-order valence-electron chi connectivity index (χ4n) is 2.62. The van der Waals surface area contributed by atoms with E-state index in [1.807, 2.05) is 0 Å². The number of carbonyl (C=O) groups excluding carboxylic acids is 1. The predicted octanol–water partition coefficient (Wildman–Crippen LogP) is 3.34. The van der Waals surface area contributed by atoms with Gasteiger partial charge in [-0.15, -0.1) is 0 Å². The molecule has 140 valence electrons. The van der Waals surface area contributed by atoms with Crippen molar-refractivity contribution in [2.45, 2.75) is 25.9 Å². The van der Waals surface area contributed by atoms with E-state index in [-0.39, 0.29) is 13.0 Å². The van der Waals surface area contributed by atoms with Crippen LogP contribution < -0.4 is 9.62 Å². The number of halogens is 2. The third-order valence-electron chi connectivity index (χ3n) is 3.80. The zero-order valence-corrected chi connectivity index (χ0v) is 16.0. The van der Waals surface area contributed by atoms with Crippen LogP contribution in [-0.2, 0) is 21.4 Å². The molecule has 0 saturated carbocycles. The normalized spacial score (nSPS) is 12.5. The summed E-state index contributed by atoms with van der Waals surface area (Å²) in [6, 6.07) is 11.4. The van der Waals surface area contributed by atoms with E-state index in [2.05, 4.69) is 5.32 Å². The first-order valence-electron chi connectivity index (χ1n) is 8.00. The number of nitrogens with one attached hydrogen (secondary N) is 1. The number of rotatable bonds is 7. The van der Waals surface area contributed by atoms with Crippen molar-refractivity contribution in [1.82, 2.24) is 5.32 Å². The molecule has 1 unspecified atom stereocenters. The molecule has 2 aromatic rings. The van der Waals surface area contributed by atoms with Crippen LogP contribution in [0.4, 0.5) is 10.1 Å². The monoisotopic (exact) mass is 398 g/mol. The molecule has 2 aromatic carbocycles. The minimum Gasteiger partial charge on any atom is -0.350 e. The molecule has 0 saturated heterocycles. The lowest BCUT2D eigenvalue weighted by Gasteiger charge is -2.30. The molecule has 1 amide bonds. The number of sulfonamides is 1. The smallest absolute Gasteiger partial charge is 0.244 e. The van der Waals surface area contributed by atoms with E-state index in [0.717, 1.165) is 10.6 Å². The van der Waals surface area contributed by atoms with E-state index in [1.54, 1.807) is 43.3 Å². The maximum Gasteiger partial charge on any atom is 0.244 e. The Kier molecular flexibility index (Phi) is 6.61. The standard InChI is InChI=1S/C18H20ClFN2O3S/c1-3-17(18(23)21-12-13-7-4-5-10-16(13)20)22(26(2,24)25)15-9-6-8-14(19)11-15/h4-11,17H,3,12H2,1-2H3,(H,21,23). The molecule has 0 aliphatic carbocycles. The van der Waals surface area contributed by atoms with Crippen LogP contribution in [0, 0.1) is 5.82 Å². The lowest BCUT2D eigenvalue weighted by molar-refractivity contribution is -0.122. The molecule has 0 bridgehead atoms. The molecule has 0 fully saturated rings. The Morgan fingerprint density at radius 2 is 1.92 bits per heavy atom. The van der Waals surface area contributed by atoms with Crippen LogP contribution in [0.5, 0.6) is 0 Å². The highest BCUT2D eigenvalue weighted by molar-refractivity contribution is 7.92. The molecular formula is C18H20ClFN2O3S. The molecule has 0 spiro atoms. The Labute approximate surface area is 157 Å². The second kappa shape index (κ2) is 8.51. The van der Waals surface area contributed by atoms with Crippen LogP contribution in [-0.4, -0.2) is 26.6 Å². The van der Waals surface area contributed by atoms with E-state index in [0.29, 0.717) is 16.3 Å². The first-order chi connectivity index (χ1) is 12.2. The number of anilines is 1. The van der Waals surface area contributed by atoms with Gasteiger partial charge in [0.05, 0.1) is 11.9 Å². The van der Waals surface area contributed by atoms with Crippen molar-refractivity contribution in [3.63, 3.8) is 0 Å². The Balaban J connectivity index is 2.27. The van der Waals surface area contributed by atoms with Gasteiger partial charge in [-0.25, -0.2) is 12.8 Å². The van der Waals surface area contributed by atoms with Gasteiger partial charge in [-0.05, 0) is 30.7 Å². The minimum absolute atomic E-state index is 0.0326. The molecule has 8 heteroatoms. The lowest BCUT2D eigenvalue weighted by atomic mass is 10.1. The highest BCUT2D eigenvalue weighted by Gasteiger charge is 2.31.